The van der Waals surface area contributed by atoms with Crippen molar-refractivity contribution in [1.82, 2.24) is 4.90 Å². The normalized spacial score (nSPS) is 27.3. The van der Waals surface area contributed by atoms with Crippen molar-refractivity contribution in [3.8, 4) is 0 Å². The van der Waals surface area contributed by atoms with Crippen LogP contribution in [0.5, 0.6) is 0 Å². The van der Waals surface area contributed by atoms with Crippen molar-refractivity contribution in [2.75, 3.05) is 13.1 Å². The Morgan fingerprint density at radius 2 is 2.00 bits per heavy atom. The molecule has 1 amide bonds. The van der Waals surface area contributed by atoms with E-state index in [2.05, 4.69) is 38.7 Å². The van der Waals surface area contributed by atoms with Crippen LogP contribution in [-0.4, -0.2) is 23.9 Å². The van der Waals surface area contributed by atoms with Gasteiger partial charge in [-0.3, -0.25) is 4.79 Å². The first-order valence-electron chi connectivity index (χ1n) is 8.85. The summed E-state index contributed by atoms with van der Waals surface area (Å²) in [5.74, 6) is 1.94. The van der Waals surface area contributed by atoms with Gasteiger partial charge in [-0.1, -0.05) is 25.5 Å². The van der Waals surface area contributed by atoms with Crippen LogP contribution in [-0.2, 0) is 4.79 Å². The maximum absolute atomic E-state index is 12.3. The average Bonchev–Trinajstić information content (AvgIpc) is 3.29. The predicted octanol–water partition coefficient (Wildman–Crippen LogP) is 4.80. The van der Waals surface area contributed by atoms with Gasteiger partial charge < -0.3 is 4.90 Å². The van der Waals surface area contributed by atoms with Gasteiger partial charge in [-0.2, -0.15) is 0 Å². The van der Waals surface area contributed by atoms with Crippen molar-refractivity contribution >= 4 is 5.91 Å². The fraction of sp³-hybridized carbons (Fsp3) is 0.842. The van der Waals surface area contributed by atoms with Crippen LogP contribution in [0.4, 0.5) is 0 Å². The Kier molecular flexibility index (Phi) is 5.51. The Morgan fingerprint density at radius 3 is 2.57 bits per heavy atom. The second-order valence-electron chi connectivity index (χ2n) is 7.87. The maximum atomic E-state index is 12.3. The van der Waals surface area contributed by atoms with Gasteiger partial charge in [-0.25, -0.2) is 0 Å². The number of hydrogen-bond acceptors (Lipinski definition) is 1. The minimum Gasteiger partial charge on any atom is -0.342 e. The monoisotopic (exact) mass is 291 g/mol. The quantitative estimate of drug-likeness (QED) is 0.559. The molecule has 2 atom stereocenters. The highest BCUT2D eigenvalue weighted by atomic mass is 16.2. The first-order chi connectivity index (χ1) is 9.94. The van der Waals surface area contributed by atoms with Crippen molar-refractivity contribution in [3.05, 3.63) is 11.6 Å². The zero-order valence-electron chi connectivity index (χ0n) is 14.5. The van der Waals surface area contributed by atoms with Crippen molar-refractivity contribution in [1.29, 1.82) is 0 Å². The van der Waals surface area contributed by atoms with Gasteiger partial charge in [0.05, 0.1) is 0 Å². The standard InChI is InChI=1S/C19H33NO/c1-5-7-18(21)20(13-16-9-10-16)14-17-12-19(17,4)11-6-8-15(2)3/h8,16-17H,5-7,9-14H2,1-4H3. The number of rotatable bonds is 9. The van der Waals surface area contributed by atoms with E-state index in [9.17, 15) is 4.79 Å². The lowest BCUT2D eigenvalue weighted by atomic mass is 9.98. The number of hydrogen-bond donors (Lipinski definition) is 0. The molecule has 21 heavy (non-hydrogen) atoms. The van der Waals surface area contributed by atoms with E-state index < -0.39 is 0 Å². The molecular weight excluding hydrogens is 258 g/mol. The number of amides is 1. The summed E-state index contributed by atoms with van der Waals surface area (Å²) in [6.45, 7) is 10.9. The van der Waals surface area contributed by atoms with Crippen LogP contribution in [0.15, 0.2) is 11.6 Å². The molecule has 2 aliphatic carbocycles. The number of carbonyl (C=O) groups excluding carboxylic acids is 1. The molecule has 2 saturated carbocycles. The molecule has 120 valence electrons. The van der Waals surface area contributed by atoms with Crippen LogP contribution in [0.3, 0.4) is 0 Å². The van der Waals surface area contributed by atoms with E-state index in [0.717, 1.165) is 37.8 Å². The Balaban J connectivity index is 1.80. The lowest BCUT2D eigenvalue weighted by Gasteiger charge is -2.24. The first kappa shape index (κ1) is 16.6. The van der Waals surface area contributed by atoms with Crippen LogP contribution in [0.2, 0.25) is 0 Å². The molecule has 2 nitrogen and oxygen atoms in total. The largest absolute Gasteiger partial charge is 0.342 e. The van der Waals surface area contributed by atoms with Gasteiger partial charge in [0.25, 0.3) is 0 Å². The number of nitrogens with zero attached hydrogens (tertiary/aromatic N) is 1. The molecule has 2 fully saturated rings. The molecule has 0 aromatic rings. The van der Waals surface area contributed by atoms with Gasteiger partial charge >= 0.3 is 0 Å². The molecule has 2 unspecified atom stereocenters. The molecule has 0 aliphatic heterocycles. The Morgan fingerprint density at radius 1 is 1.29 bits per heavy atom. The third kappa shape index (κ3) is 5.16. The van der Waals surface area contributed by atoms with E-state index in [1.165, 1.54) is 37.7 Å². The summed E-state index contributed by atoms with van der Waals surface area (Å²) in [4.78, 5) is 14.5. The molecule has 2 heteroatoms. The van der Waals surface area contributed by atoms with E-state index >= 15 is 0 Å². The minimum atomic E-state index is 0.392. The minimum absolute atomic E-state index is 0.392. The Hall–Kier alpha value is -0.790. The summed E-state index contributed by atoms with van der Waals surface area (Å²) < 4.78 is 0. The average molecular weight is 291 g/mol. The molecular formula is C19H33NO. The van der Waals surface area contributed by atoms with Gasteiger partial charge in [0.1, 0.15) is 0 Å². The zero-order chi connectivity index (χ0) is 15.5. The molecule has 0 N–H and O–H groups in total. The highest BCUT2D eigenvalue weighted by Gasteiger charge is 2.50. The predicted molar refractivity (Wildman–Crippen MR) is 89.1 cm³/mol. The summed E-state index contributed by atoms with van der Waals surface area (Å²) in [6, 6.07) is 0. The fourth-order valence-electron chi connectivity index (χ4n) is 3.31. The van der Waals surface area contributed by atoms with Gasteiger partial charge in [-0.15, -0.1) is 0 Å². The van der Waals surface area contributed by atoms with Gasteiger partial charge in [-0.05, 0) is 69.6 Å². The highest BCUT2D eigenvalue weighted by molar-refractivity contribution is 5.76. The molecule has 0 bridgehead atoms. The maximum Gasteiger partial charge on any atom is 0.222 e. The molecule has 2 rings (SSSR count). The smallest absolute Gasteiger partial charge is 0.222 e. The van der Waals surface area contributed by atoms with E-state index in [1.807, 2.05) is 0 Å². The molecule has 0 heterocycles. The topological polar surface area (TPSA) is 20.3 Å². The molecule has 0 aromatic heterocycles. The van der Waals surface area contributed by atoms with E-state index in [1.54, 1.807) is 0 Å². The molecule has 0 spiro atoms. The van der Waals surface area contributed by atoms with E-state index in [0.29, 0.717) is 11.3 Å². The van der Waals surface area contributed by atoms with Gasteiger partial charge in [0.15, 0.2) is 0 Å². The lowest BCUT2D eigenvalue weighted by molar-refractivity contribution is -0.131. The van der Waals surface area contributed by atoms with E-state index in [4.69, 9.17) is 0 Å². The fourth-order valence-corrected chi connectivity index (χ4v) is 3.31. The SMILES string of the molecule is CCCC(=O)N(CC1CC1)CC1CC1(C)CCC=C(C)C. The second-order valence-corrected chi connectivity index (χ2v) is 7.87. The van der Waals surface area contributed by atoms with Gasteiger partial charge in [0, 0.05) is 19.5 Å². The summed E-state index contributed by atoms with van der Waals surface area (Å²) >= 11 is 0. The summed E-state index contributed by atoms with van der Waals surface area (Å²) in [6.07, 6.45) is 10.5. The van der Waals surface area contributed by atoms with Crippen molar-refractivity contribution in [2.24, 2.45) is 17.3 Å². The summed E-state index contributed by atoms with van der Waals surface area (Å²) in [7, 11) is 0. The van der Waals surface area contributed by atoms with Crippen molar-refractivity contribution in [3.63, 3.8) is 0 Å². The lowest BCUT2D eigenvalue weighted by Crippen LogP contribution is -2.35. The van der Waals surface area contributed by atoms with Crippen molar-refractivity contribution in [2.45, 2.75) is 72.6 Å². The molecule has 2 aliphatic rings. The third-order valence-corrected chi connectivity index (χ3v) is 5.24. The first-order valence-corrected chi connectivity index (χ1v) is 8.85. The number of allylic oxidation sites excluding steroid dienone is 2. The van der Waals surface area contributed by atoms with Crippen molar-refractivity contribution < 1.29 is 4.79 Å². The highest BCUT2D eigenvalue weighted by Crippen LogP contribution is 2.56. The molecule has 0 saturated heterocycles. The summed E-state index contributed by atoms with van der Waals surface area (Å²) in [5, 5.41) is 0. The molecule has 0 aromatic carbocycles. The van der Waals surface area contributed by atoms with Crippen LogP contribution in [0.1, 0.15) is 72.6 Å². The molecule has 0 radical (unpaired) electrons. The number of carbonyl (C=O) groups is 1. The van der Waals surface area contributed by atoms with Crippen LogP contribution >= 0.6 is 0 Å². The van der Waals surface area contributed by atoms with E-state index in [-0.39, 0.29) is 0 Å². The Labute approximate surface area is 131 Å². The van der Waals surface area contributed by atoms with Crippen LogP contribution < -0.4 is 0 Å². The van der Waals surface area contributed by atoms with Crippen LogP contribution in [0.25, 0.3) is 0 Å². The third-order valence-electron chi connectivity index (χ3n) is 5.24. The Bertz CT molecular complexity index is 392. The second kappa shape index (κ2) is 6.98. The zero-order valence-corrected chi connectivity index (χ0v) is 14.5. The van der Waals surface area contributed by atoms with Gasteiger partial charge in [0.2, 0.25) is 5.91 Å². The summed E-state index contributed by atoms with van der Waals surface area (Å²) in [5.41, 5.74) is 1.91. The van der Waals surface area contributed by atoms with Crippen LogP contribution in [0, 0.1) is 17.3 Å².